The fourth-order valence-electron chi connectivity index (χ4n) is 3.13. The molecule has 2 N–H and O–H groups in total. The van der Waals surface area contributed by atoms with Gasteiger partial charge < -0.3 is 15.3 Å². The van der Waals surface area contributed by atoms with Crippen molar-refractivity contribution < 1.29 is 14.7 Å². The number of amides is 2. The van der Waals surface area contributed by atoms with E-state index < -0.39 is 5.41 Å². The average molecular weight is 296 g/mol. The summed E-state index contributed by atoms with van der Waals surface area (Å²) in [6.45, 7) is 10.2. The molecule has 1 aliphatic heterocycles. The molecular formula is C16H28N2O3. The Bertz CT molecular complexity index is 439. The van der Waals surface area contributed by atoms with Crippen LogP contribution in [0, 0.1) is 10.8 Å². The van der Waals surface area contributed by atoms with E-state index in [2.05, 4.69) is 5.32 Å². The molecule has 2 fully saturated rings. The van der Waals surface area contributed by atoms with E-state index in [1.165, 1.54) is 0 Å². The van der Waals surface area contributed by atoms with Gasteiger partial charge in [-0.2, -0.15) is 0 Å². The fourth-order valence-corrected chi connectivity index (χ4v) is 3.13. The number of nitrogens with zero attached hydrogens (tertiary/aromatic N) is 1. The first-order valence-electron chi connectivity index (χ1n) is 7.84. The summed E-state index contributed by atoms with van der Waals surface area (Å²) < 4.78 is 0. The second-order valence-electron chi connectivity index (χ2n) is 8.04. The molecule has 1 aliphatic carbocycles. The van der Waals surface area contributed by atoms with Crippen LogP contribution in [-0.4, -0.2) is 46.6 Å². The summed E-state index contributed by atoms with van der Waals surface area (Å²) in [6.07, 6.45) is 1.83. The van der Waals surface area contributed by atoms with E-state index >= 15 is 0 Å². The number of rotatable bonds is 2. The molecule has 2 rings (SSSR count). The zero-order valence-corrected chi connectivity index (χ0v) is 13.8. The molecule has 0 bridgehead atoms. The standard InChI is InChI=1S/C16H28N2O3/c1-15(2,3)14(21)18-8-6-7-10(18)13(20)17-11-9-12(19)16(11,4)5/h10-12,19H,6-9H2,1-5H3,(H,17,20). The molecule has 2 amide bonds. The van der Waals surface area contributed by atoms with Gasteiger partial charge >= 0.3 is 0 Å². The Morgan fingerprint density at radius 2 is 1.90 bits per heavy atom. The minimum atomic E-state index is -0.463. The van der Waals surface area contributed by atoms with Gasteiger partial charge in [0, 0.05) is 23.4 Å². The van der Waals surface area contributed by atoms with E-state index in [0.717, 1.165) is 12.8 Å². The summed E-state index contributed by atoms with van der Waals surface area (Å²) in [5.41, 5.74) is -0.748. The lowest BCUT2D eigenvalue weighted by molar-refractivity contribution is -0.146. The summed E-state index contributed by atoms with van der Waals surface area (Å²) >= 11 is 0. The van der Waals surface area contributed by atoms with Crippen molar-refractivity contribution in [1.82, 2.24) is 10.2 Å². The number of likely N-dealkylation sites (tertiary alicyclic amines) is 1. The molecule has 1 saturated carbocycles. The molecule has 120 valence electrons. The van der Waals surface area contributed by atoms with Crippen molar-refractivity contribution in [2.24, 2.45) is 10.8 Å². The van der Waals surface area contributed by atoms with Gasteiger partial charge in [0.2, 0.25) is 11.8 Å². The van der Waals surface area contributed by atoms with Gasteiger partial charge in [-0.15, -0.1) is 0 Å². The Morgan fingerprint density at radius 1 is 1.29 bits per heavy atom. The molecule has 0 aromatic heterocycles. The molecule has 0 aromatic rings. The topological polar surface area (TPSA) is 69.6 Å². The molecule has 1 heterocycles. The second-order valence-corrected chi connectivity index (χ2v) is 8.04. The molecule has 3 atom stereocenters. The van der Waals surface area contributed by atoms with Gasteiger partial charge in [-0.25, -0.2) is 0 Å². The van der Waals surface area contributed by atoms with Crippen LogP contribution < -0.4 is 5.32 Å². The molecule has 3 unspecified atom stereocenters. The third-order valence-electron chi connectivity index (χ3n) is 4.99. The van der Waals surface area contributed by atoms with Gasteiger partial charge in [0.05, 0.1) is 6.10 Å². The summed E-state index contributed by atoms with van der Waals surface area (Å²) in [6, 6.07) is -0.363. The van der Waals surface area contributed by atoms with Crippen molar-refractivity contribution >= 4 is 11.8 Å². The zero-order chi connectivity index (χ0) is 16.0. The molecule has 2 aliphatic rings. The highest BCUT2D eigenvalue weighted by Gasteiger charge is 2.49. The number of aliphatic hydroxyl groups is 1. The SMILES string of the molecule is CC(C)(C)C(=O)N1CCCC1C(=O)NC1CC(O)C1(C)C. The van der Waals surface area contributed by atoms with Crippen molar-refractivity contribution in [3.8, 4) is 0 Å². The molecule has 1 saturated heterocycles. The number of carbonyl (C=O) groups excluding carboxylic acids is 2. The maximum atomic E-state index is 12.5. The van der Waals surface area contributed by atoms with Gasteiger partial charge in [0.1, 0.15) is 6.04 Å². The molecule has 21 heavy (non-hydrogen) atoms. The van der Waals surface area contributed by atoms with E-state index in [9.17, 15) is 14.7 Å². The highest BCUT2D eigenvalue weighted by molar-refractivity contribution is 5.90. The van der Waals surface area contributed by atoms with E-state index in [1.807, 2.05) is 34.6 Å². The van der Waals surface area contributed by atoms with Crippen LogP contribution in [0.15, 0.2) is 0 Å². The Kier molecular flexibility index (Phi) is 4.08. The first-order chi connectivity index (χ1) is 9.55. The Morgan fingerprint density at radius 3 is 2.38 bits per heavy atom. The lowest BCUT2D eigenvalue weighted by atomic mass is 9.64. The predicted octanol–water partition coefficient (Wildman–Crippen LogP) is 1.30. The normalized spacial score (nSPS) is 31.7. The summed E-state index contributed by atoms with van der Waals surface area (Å²) in [5.74, 6) is -0.0388. The molecule has 0 spiro atoms. The summed E-state index contributed by atoms with van der Waals surface area (Å²) in [5, 5.41) is 12.8. The third-order valence-corrected chi connectivity index (χ3v) is 4.99. The van der Waals surface area contributed by atoms with Crippen LogP contribution in [0.1, 0.15) is 53.9 Å². The highest BCUT2D eigenvalue weighted by Crippen LogP contribution is 2.40. The monoisotopic (exact) mass is 296 g/mol. The van der Waals surface area contributed by atoms with Crippen molar-refractivity contribution in [2.75, 3.05) is 6.54 Å². The van der Waals surface area contributed by atoms with Crippen LogP contribution in [0.2, 0.25) is 0 Å². The lowest BCUT2D eigenvalue weighted by Crippen LogP contribution is -2.63. The largest absolute Gasteiger partial charge is 0.392 e. The number of carbonyl (C=O) groups is 2. The molecular weight excluding hydrogens is 268 g/mol. The number of hydrogen-bond acceptors (Lipinski definition) is 3. The summed E-state index contributed by atoms with van der Waals surface area (Å²) in [7, 11) is 0. The first-order valence-corrected chi connectivity index (χ1v) is 7.84. The van der Waals surface area contributed by atoms with E-state index in [4.69, 9.17) is 0 Å². The van der Waals surface area contributed by atoms with Gasteiger partial charge in [-0.3, -0.25) is 9.59 Å². The summed E-state index contributed by atoms with van der Waals surface area (Å²) in [4.78, 5) is 26.7. The highest BCUT2D eigenvalue weighted by atomic mass is 16.3. The molecule has 0 radical (unpaired) electrons. The van der Waals surface area contributed by atoms with Crippen LogP contribution in [0.3, 0.4) is 0 Å². The Labute approximate surface area is 127 Å². The minimum absolute atomic E-state index is 0.00723. The first kappa shape index (κ1) is 16.3. The molecule has 5 nitrogen and oxygen atoms in total. The Balaban J connectivity index is 2.01. The smallest absolute Gasteiger partial charge is 0.243 e. The third kappa shape index (κ3) is 2.93. The van der Waals surface area contributed by atoms with Crippen molar-refractivity contribution in [1.29, 1.82) is 0 Å². The molecule has 0 aromatic carbocycles. The van der Waals surface area contributed by atoms with Gasteiger partial charge in [-0.05, 0) is 19.3 Å². The van der Waals surface area contributed by atoms with Crippen LogP contribution in [0.5, 0.6) is 0 Å². The van der Waals surface area contributed by atoms with E-state index in [1.54, 1.807) is 4.90 Å². The fraction of sp³-hybridized carbons (Fsp3) is 0.875. The zero-order valence-electron chi connectivity index (χ0n) is 13.8. The van der Waals surface area contributed by atoms with Gasteiger partial charge in [0.25, 0.3) is 0 Å². The predicted molar refractivity (Wildman–Crippen MR) is 80.5 cm³/mol. The number of aliphatic hydroxyl groups excluding tert-OH is 1. The Hall–Kier alpha value is -1.10. The van der Waals surface area contributed by atoms with Crippen molar-refractivity contribution in [3.63, 3.8) is 0 Å². The lowest BCUT2D eigenvalue weighted by Gasteiger charge is -2.49. The average Bonchev–Trinajstić information content (AvgIpc) is 2.85. The second kappa shape index (κ2) is 5.27. The maximum absolute atomic E-state index is 12.5. The maximum Gasteiger partial charge on any atom is 0.243 e. The molecule has 5 heteroatoms. The van der Waals surface area contributed by atoms with E-state index in [0.29, 0.717) is 13.0 Å². The minimum Gasteiger partial charge on any atom is -0.392 e. The van der Waals surface area contributed by atoms with Gasteiger partial charge in [0.15, 0.2) is 0 Å². The quantitative estimate of drug-likeness (QED) is 0.807. The van der Waals surface area contributed by atoms with Crippen LogP contribution in [0.25, 0.3) is 0 Å². The van der Waals surface area contributed by atoms with Crippen LogP contribution >= 0.6 is 0 Å². The van der Waals surface area contributed by atoms with Gasteiger partial charge in [-0.1, -0.05) is 34.6 Å². The van der Waals surface area contributed by atoms with Crippen LogP contribution in [0.4, 0.5) is 0 Å². The number of hydrogen-bond donors (Lipinski definition) is 2. The number of nitrogens with one attached hydrogen (secondary N) is 1. The van der Waals surface area contributed by atoms with Crippen LogP contribution in [-0.2, 0) is 9.59 Å². The van der Waals surface area contributed by atoms with Crippen molar-refractivity contribution in [3.05, 3.63) is 0 Å². The van der Waals surface area contributed by atoms with Crippen molar-refractivity contribution in [2.45, 2.75) is 72.1 Å². The van der Waals surface area contributed by atoms with E-state index in [-0.39, 0.29) is 35.4 Å².